The van der Waals surface area contributed by atoms with Crippen LogP contribution in [0.3, 0.4) is 0 Å². The minimum atomic E-state index is -0.786. The highest BCUT2D eigenvalue weighted by molar-refractivity contribution is 6.49. The van der Waals surface area contributed by atoms with Crippen LogP contribution in [0.15, 0.2) is 48.5 Å². The minimum Gasteiger partial charge on any atom is -0.494 e. The number of hydrogen-bond donors (Lipinski definition) is 3. The molecule has 1 aromatic heterocycles. The molecule has 0 bridgehead atoms. The van der Waals surface area contributed by atoms with Crippen molar-refractivity contribution in [2.75, 3.05) is 5.32 Å². The van der Waals surface area contributed by atoms with Crippen molar-refractivity contribution in [1.82, 2.24) is 4.98 Å². The molecule has 0 radical (unpaired) electrons. The van der Waals surface area contributed by atoms with E-state index in [4.69, 9.17) is 0 Å². The molecule has 3 rings (SSSR count). The monoisotopic (exact) mass is 294 g/mol. The molecule has 0 spiro atoms. The summed E-state index contributed by atoms with van der Waals surface area (Å²) in [4.78, 5) is 27.2. The van der Waals surface area contributed by atoms with Crippen molar-refractivity contribution in [3.63, 3.8) is 0 Å². The second-order valence-electron chi connectivity index (χ2n) is 5.05. The quantitative estimate of drug-likeness (QED) is 0.513. The molecule has 5 nitrogen and oxygen atoms in total. The van der Waals surface area contributed by atoms with Gasteiger partial charge in [0.1, 0.15) is 0 Å². The lowest BCUT2D eigenvalue weighted by Crippen LogP contribution is -2.22. The van der Waals surface area contributed by atoms with Crippen LogP contribution in [0, 0.1) is 6.92 Å². The maximum absolute atomic E-state index is 12.3. The number of aromatic hydroxyl groups is 1. The fraction of sp³-hybridized carbons (Fsp3) is 0.0588. The number of Topliss-reactive ketones (excluding diaryl/α,β-unsaturated/α-hetero) is 1. The zero-order valence-corrected chi connectivity index (χ0v) is 11.9. The molecule has 0 aliphatic carbocycles. The number of nitrogens with one attached hydrogen (secondary N) is 2. The molecular weight excluding hydrogens is 280 g/mol. The maximum atomic E-state index is 12.3. The molecule has 0 fully saturated rings. The Kier molecular flexibility index (Phi) is 3.39. The fourth-order valence-electron chi connectivity index (χ4n) is 2.38. The summed E-state index contributed by atoms with van der Waals surface area (Å²) < 4.78 is 0. The Morgan fingerprint density at radius 2 is 1.86 bits per heavy atom. The van der Waals surface area contributed by atoms with E-state index in [-0.39, 0.29) is 11.4 Å². The number of aromatic nitrogens is 1. The zero-order chi connectivity index (χ0) is 15.7. The summed E-state index contributed by atoms with van der Waals surface area (Å²) in [6, 6.07) is 14.1. The molecule has 2 aromatic carbocycles. The van der Waals surface area contributed by atoms with E-state index in [1.165, 1.54) is 0 Å². The number of carbonyl (C=O) groups is 2. The minimum absolute atomic E-state index is 0.0132. The number of ketones is 1. The molecule has 1 amide bonds. The number of rotatable bonds is 3. The van der Waals surface area contributed by atoms with E-state index in [1.807, 2.05) is 13.0 Å². The average Bonchev–Trinajstić information content (AvgIpc) is 2.82. The van der Waals surface area contributed by atoms with Crippen LogP contribution in [0.5, 0.6) is 5.88 Å². The van der Waals surface area contributed by atoms with Gasteiger partial charge in [-0.2, -0.15) is 0 Å². The number of hydrogen-bond acceptors (Lipinski definition) is 3. The molecule has 0 saturated carbocycles. The Hall–Kier alpha value is -3.08. The number of fused-ring (bicyclic) bond motifs is 1. The molecule has 0 atom stereocenters. The van der Waals surface area contributed by atoms with Gasteiger partial charge in [-0.05, 0) is 30.7 Å². The van der Waals surface area contributed by atoms with Gasteiger partial charge in [-0.1, -0.05) is 30.3 Å². The Bertz CT molecular complexity index is 880. The molecule has 3 aromatic rings. The van der Waals surface area contributed by atoms with Gasteiger partial charge in [-0.15, -0.1) is 0 Å². The molecule has 0 aliphatic rings. The smallest absolute Gasteiger partial charge is 0.297 e. The first-order valence-corrected chi connectivity index (χ1v) is 6.78. The molecule has 22 heavy (non-hydrogen) atoms. The van der Waals surface area contributed by atoms with E-state index < -0.39 is 11.7 Å². The zero-order valence-electron chi connectivity index (χ0n) is 11.9. The van der Waals surface area contributed by atoms with Gasteiger partial charge >= 0.3 is 0 Å². The van der Waals surface area contributed by atoms with Crippen LogP contribution in [0.4, 0.5) is 5.69 Å². The second-order valence-corrected chi connectivity index (χ2v) is 5.05. The summed E-state index contributed by atoms with van der Waals surface area (Å²) >= 11 is 0. The van der Waals surface area contributed by atoms with E-state index in [1.54, 1.807) is 42.5 Å². The molecular formula is C17H14N2O3. The standard InChI is InChI=1S/C17H14N2O3/c1-10-5-4-6-11(9-10)18-17(22)15(20)14-12-7-2-3-8-13(12)19-16(14)21/h2-9,19,21H,1H3,(H,18,22). The van der Waals surface area contributed by atoms with E-state index >= 15 is 0 Å². The summed E-state index contributed by atoms with van der Waals surface area (Å²) in [5.41, 5.74) is 2.10. The van der Waals surface area contributed by atoms with Crippen LogP contribution in [0.1, 0.15) is 15.9 Å². The van der Waals surface area contributed by atoms with E-state index in [0.717, 1.165) is 5.56 Å². The summed E-state index contributed by atoms with van der Waals surface area (Å²) in [7, 11) is 0. The normalized spacial score (nSPS) is 10.6. The SMILES string of the molecule is Cc1cccc(NC(=O)C(=O)c2c(O)[nH]c3ccccc23)c1. The number of para-hydroxylation sites is 1. The van der Waals surface area contributed by atoms with E-state index in [0.29, 0.717) is 16.6 Å². The first-order valence-electron chi connectivity index (χ1n) is 6.78. The van der Waals surface area contributed by atoms with Gasteiger partial charge in [0.2, 0.25) is 5.88 Å². The van der Waals surface area contributed by atoms with Crippen molar-refractivity contribution >= 4 is 28.3 Å². The van der Waals surface area contributed by atoms with Crippen LogP contribution in [-0.4, -0.2) is 21.8 Å². The molecule has 0 saturated heterocycles. The van der Waals surface area contributed by atoms with Crippen molar-refractivity contribution in [2.24, 2.45) is 0 Å². The van der Waals surface area contributed by atoms with Crippen LogP contribution >= 0.6 is 0 Å². The summed E-state index contributed by atoms with van der Waals surface area (Å²) in [5.74, 6) is -1.87. The summed E-state index contributed by atoms with van der Waals surface area (Å²) in [6.07, 6.45) is 0. The predicted octanol–water partition coefficient (Wildman–Crippen LogP) is 3.00. The van der Waals surface area contributed by atoms with Gasteiger partial charge in [0.25, 0.3) is 11.7 Å². The highest BCUT2D eigenvalue weighted by Gasteiger charge is 2.24. The molecule has 1 heterocycles. The third-order valence-corrected chi connectivity index (χ3v) is 3.40. The number of anilines is 1. The van der Waals surface area contributed by atoms with Gasteiger partial charge in [0, 0.05) is 16.6 Å². The van der Waals surface area contributed by atoms with Gasteiger partial charge in [0.15, 0.2) is 0 Å². The lowest BCUT2D eigenvalue weighted by molar-refractivity contribution is -0.112. The van der Waals surface area contributed by atoms with Gasteiger partial charge in [0.05, 0.1) is 5.56 Å². The Labute approximate surface area is 126 Å². The van der Waals surface area contributed by atoms with Gasteiger partial charge in [-0.25, -0.2) is 0 Å². The third-order valence-electron chi connectivity index (χ3n) is 3.40. The number of amides is 1. The maximum Gasteiger partial charge on any atom is 0.297 e. The Morgan fingerprint density at radius 1 is 1.09 bits per heavy atom. The highest BCUT2D eigenvalue weighted by Crippen LogP contribution is 2.27. The van der Waals surface area contributed by atoms with Gasteiger partial charge < -0.3 is 15.4 Å². The first kappa shape index (κ1) is 13.9. The van der Waals surface area contributed by atoms with Crippen molar-refractivity contribution in [3.05, 3.63) is 59.7 Å². The molecule has 5 heteroatoms. The second kappa shape index (κ2) is 5.37. The first-order chi connectivity index (χ1) is 10.6. The third kappa shape index (κ3) is 2.44. The van der Waals surface area contributed by atoms with Gasteiger partial charge in [-0.3, -0.25) is 9.59 Å². The van der Waals surface area contributed by atoms with Crippen molar-refractivity contribution in [2.45, 2.75) is 6.92 Å². The number of H-pyrrole nitrogens is 1. The van der Waals surface area contributed by atoms with Crippen LogP contribution in [0.25, 0.3) is 10.9 Å². The topological polar surface area (TPSA) is 82.2 Å². The largest absolute Gasteiger partial charge is 0.494 e. The van der Waals surface area contributed by atoms with Crippen molar-refractivity contribution in [1.29, 1.82) is 0 Å². The predicted molar refractivity (Wildman–Crippen MR) is 84.1 cm³/mol. The van der Waals surface area contributed by atoms with Crippen LogP contribution in [0.2, 0.25) is 0 Å². The summed E-state index contributed by atoms with van der Waals surface area (Å²) in [5, 5.41) is 13.0. The van der Waals surface area contributed by atoms with Crippen LogP contribution < -0.4 is 5.32 Å². The van der Waals surface area contributed by atoms with Crippen molar-refractivity contribution < 1.29 is 14.7 Å². The number of carbonyl (C=O) groups excluding carboxylic acids is 2. The lowest BCUT2D eigenvalue weighted by Gasteiger charge is -2.05. The molecule has 0 aliphatic heterocycles. The summed E-state index contributed by atoms with van der Waals surface area (Å²) in [6.45, 7) is 1.89. The molecule has 110 valence electrons. The van der Waals surface area contributed by atoms with Crippen molar-refractivity contribution in [3.8, 4) is 5.88 Å². The fourth-order valence-corrected chi connectivity index (χ4v) is 2.38. The average molecular weight is 294 g/mol. The lowest BCUT2D eigenvalue weighted by atomic mass is 10.1. The van der Waals surface area contributed by atoms with E-state index in [9.17, 15) is 14.7 Å². The van der Waals surface area contributed by atoms with Crippen LogP contribution in [-0.2, 0) is 4.79 Å². The number of aryl methyl sites for hydroxylation is 1. The van der Waals surface area contributed by atoms with E-state index in [2.05, 4.69) is 10.3 Å². The Morgan fingerprint density at radius 3 is 2.64 bits per heavy atom. The number of aromatic amines is 1. The number of benzene rings is 2. The molecule has 3 N–H and O–H groups in total. The Balaban J connectivity index is 1.92. The molecule has 0 unspecified atom stereocenters. The highest BCUT2D eigenvalue weighted by atomic mass is 16.3.